The van der Waals surface area contributed by atoms with E-state index in [9.17, 15) is 20.2 Å². The number of Topliss-reactive ketones (excluding diaryl/α,β-unsaturated/α-hetero) is 1. The Kier molecular flexibility index (Phi) is 7.60. The zero-order valence-electron chi connectivity index (χ0n) is 19.4. The molecule has 0 N–H and O–H groups in total. The van der Waals surface area contributed by atoms with Crippen LogP contribution in [-0.2, 0) is 0 Å². The van der Waals surface area contributed by atoms with Gasteiger partial charge in [0.25, 0.3) is 5.69 Å². The number of nitro groups is 1. The Morgan fingerprint density at radius 2 is 1.22 bits per heavy atom. The molecule has 0 saturated carbocycles. The molecule has 174 valence electrons. The van der Waals surface area contributed by atoms with E-state index in [1.807, 2.05) is 84.9 Å². The normalized spacial score (nSPS) is 11.8. The third-order valence-electron chi connectivity index (χ3n) is 5.74. The first kappa shape index (κ1) is 24.1. The van der Waals surface area contributed by atoms with E-state index in [2.05, 4.69) is 6.07 Å². The molecule has 0 aliphatic carbocycles. The number of allylic oxidation sites excluding steroid dienone is 4. The van der Waals surface area contributed by atoms with Crippen LogP contribution in [0.3, 0.4) is 0 Å². The highest BCUT2D eigenvalue weighted by atomic mass is 16.6. The van der Waals surface area contributed by atoms with Crippen LogP contribution in [0.15, 0.2) is 121 Å². The average molecular weight is 471 g/mol. The van der Waals surface area contributed by atoms with Gasteiger partial charge in [0, 0.05) is 29.7 Å². The van der Waals surface area contributed by atoms with Crippen LogP contribution >= 0.6 is 0 Å². The summed E-state index contributed by atoms with van der Waals surface area (Å²) in [5, 5.41) is 21.3. The standard InChI is InChI=1S/C31H22N2O3/c32-22-30(25-16-18-28(19-17-25)33(35)36)29(24-12-6-2-7-13-24)20-27(23-10-4-1-5-11-23)21-31(34)26-14-8-3-9-15-26/h1-20H,21H2. The van der Waals surface area contributed by atoms with Crippen molar-refractivity contribution in [2.45, 2.75) is 6.42 Å². The second-order valence-electron chi connectivity index (χ2n) is 8.07. The first-order valence-corrected chi connectivity index (χ1v) is 11.4. The van der Waals surface area contributed by atoms with Crippen molar-refractivity contribution in [2.75, 3.05) is 0 Å². The summed E-state index contributed by atoms with van der Waals surface area (Å²) in [5.41, 5.74) is 4.54. The van der Waals surface area contributed by atoms with Gasteiger partial charge in [-0.05, 0) is 40.5 Å². The molecule has 0 amide bonds. The van der Waals surface area contributed by atoms with Crippen LogP contribution < -0.4 is 0 Å². The Balaban J connectivity index is 1.90. The highest BCUT2D eigenvalue weighted by Gasteiger charge is 2.16. The molecule has 0 fully saturated rings. The first-order valence-electron chi connectivity index (χ1n) is 11.4. The van der Waals surface area contributed by atoms with Gasteiger partial charge in [0.2, 0.25) is 0 Å². The lowest BCUT2D eigenvalue weighted by atomic mass is 9.90. The van der Waals surface area contributed by atoms with Gasteiger partial charge in [-0.3, -0.25) is 14.9 Å². The molecule has 0 radical (unpaired) electrons. The fourth-order valence-electron chi connectivity index (χ4n) is 3.91. The number of carbonyl (C=O) groups excluding carboxylic acids is 1. The van der Waals surface area contributed by atoms with Crippen LogP contribution in [-0.4, -0.2) is 10.7 Å². The van der Waals surface area contributed by atoms with Crippen LogP contribution in [0.2, 0.25) is 0 Å². The quantitative estimate of drug-likeness (QED) is 0.0671. The first-order chi connectivity index (χ1) is 17.6. The molecule has 4 aromatic carbocycles. The largest absolute Gasteiger partial charge is 0.294 e. The number of nitrogens with zero attached hydrogens (tertiary/aromatic N) is 2. The van der Waals surface area contributed by atoms with Crippen molar-refractivity contribution in [3.05, 3.63) is 154 Å². The minimum atomic E-state index is -0.472. The monoisotopic (exact) mass is 470 g/mol. The highest BCUT2D eigenvalue weighted by molar-refractivity contribution is 6.07. The number of non-ortho nitro benzene ring substituents is 1. The minimum absolute atomic E-state index is 0.0352. The molecule has 0 aliphatic heterocycles. The molecule has 5 nitrogen and oxygen atoms in total. The summed E-state index contributed by atoms with van der Waals surface area (Å²) in [4.78, 5) is 23.8. The molecule has 0 aromatic heterocycles. The number of rotatable bonds is 8. The highest BCUT2D eigenvalue weighted by Crippen LogP contribution is 2.32. The average Bonchev–Trinajstić information content (AvgIpc) is 2.94. The molecule has 0 bridgehead atoms. The molecular formula is C31H22N2O3. The van der Waals surface area contributed by atoms with E-state index in [4.69, 9.17) is 0 Å². The molecule has 4 rings (SSSR count). The molecule has 0 atom stereocenters. The summed E-state index contributed by atoms with van der Waals surface area (Å²) in [7, 11) is 0. The van der Waals surface area contributed by atoms with Gasteiger partial charge in [0.15, 0.2) is 5.78 Å². The van der Waals surface area contributed by atoms with E-state index in [0.29, 0.717) is 22.3 Å². The van der Waals surface area contributed by atoms with Crippen LogP contribution in [0.4, 0.5) is 5.69 Å². The van der Waals surface area contributed by atoms with Gasteiger partial charge in [-0.25, -0.2) is 0 Å². The maximum atomic E-state index is 13.2. The zero-order valence-corrected chi connectivity index (χ0v) is 19.4. The van der Waals surface area contributed by atoms with Crippen molar-refractivity contribution in [2.24, 2.45) is 0 Å². The van der Waals surface area contributed by atoms with Crippen LogP contribution in [0.25, 0.3) is 16.7 Å². The Labute approximate surface area is 209 Å². The second-order valence-corrected chi connectivity index (χ2v) is 8.07. The number of benzene rings is 4. The molecule has 4 aromatic rings. The lowest BCUT2D eigenvalue weighted by Crippen LogP contribution is -2.01. The van der Waals surface area contributed by atoms with E-state index in [1.54, 1.807) is 24.3 Å². The summed E-state index contributed by atoms with van der Waals surface area (Å²) in [6.45, 7) is 0. The number of nitriles is 1. The van der Waals surface area contributed by atoms with Crippen molar-refractivity contribution in [3.8, 4) is 6.07 Å². The molecule has 0 heterocycles. The number of nitro benzene ring substituents is 1. The predicted molar refractivity (Wildman–Crippen MR) is 142 cm³/mol. The molecule has 5 heteroatoms. The van der Waals surface area contributed by atoms with Crippen LogP contribution in [0, 0.1) is 21.4 Å². The summed E-state index contributed by atoms with van der Waals surface area (Å²) in [6, 6.07) is 36.3. The molecular weight excluding hydrogens is 448 g/mol. The predicted octanol–water partition coefficient (Wildman–Crippen LogP) is 7.39. The number of ketones is 1. The molecule has 0 unspecified atom stereocenters. The molecule has 0 saturated heterocycles. The van der Waals surface area contributed by atoms with Gasteiger partial charge in [0.1, 0.15) is 6.07 Å². The van der Waals surface area contributed by atoms with Crippen molar-refractivity contribution in [1.82, 2.24) is 0 Å². The van der Waals surface area contributed by atoms with Crippen LogP contribution in [0.1, 0.15) is 33.5 Å². The minimum Gasteiger partial charge on any atom is -0.294 e. The summed E-state index contributed by atoms with van der Waals surface area (Å²) >= 11 is 0. The van der Waals surface area contributed by atoms with Crippen molar-refractivity contribution in [3.63, 3.8) is 0 Å². The van der Waals surface area contributed by atoms with Gasteiger partial charge < -0.3 is 0 Å². The fraction of sp³-hybridized carbons (Fsp3) is 0.0323. The van der Waals surface area contributed by atoms with E-state index in [-0.39, 0.29) is 17.9 Å². The third-order valence-corrected chi connectivity index (χ3v) is 5.74. The fourth-order valence-corrected chi connectivity index (χ4v) is 3.91. The SMILES string of the molecule is N#CC(=C(C=C(CC(=O)c1ccccc1)c1ccccc1)c1ccccc1)c1ccc([N+](=O)[O-])cc1. The van der Waals surface area contributed by atoms with E-state index < -0.39 is 4.92 Å². The Morgan fingerprint density at radius 1 is 0.722 bits per heavy atom. The molecule has 0 spiro atoms. The summed E-state index contributed by atoms with van der Waals surface area (Å²) in [6.07, 6.45) is 2.02. The van der Waals surface area contributed by atoms with Crippen molar-refractivity contribution in [1.29, 1.82) is 5.26 Å². The van der Waals surface area contributed by atoms with E-state index in [0.717, 1.165) is 16.7 Å². The van der Waals surface area contributed by atoms with Gasteiger partial charge in [-0.15, -0.1) is 0 Å². The van der Waals surface area contributed by atoms with Gasteiger partial charge in [0.05, 0.1) is 10.5 Å². The summed E-state index contributed by atoms with van der Waals surface area (Å²) < 4.78 is 0. The van der Waals surface area contributed by atoms with Gasteiger partial charge in [-0.2, -0.15) is 5.26 Å². The third kappa shape index (κ3) is 5.69. The van der Waals surface area contributed by atoms with Gasteiger partial charge >= 0.3 is 0 Å². The second kappa shape index (κ2) is 11.4. The number of hydrogen-bond donors (Lipinski definition) is 0. The Bertz CT molecular complexity index is 1470. The lowest BCUT2D eigenvalue weighted by molar-refractivity contribution is -0.384. The number of hydrogen-bond acceptors (Lipinski definition) is 4. The lowest BCUT2D eigenvalue weighted by Gasteiger charge is -2.13. The Morgan fingerprint density at radius 3 is 1.72 bits per heavy atom. The molecule has 36 heavy (non-hydrogen) atoms. The smallest absolute Gasteiger partial charge is 0.269 e. The maximum absolute atomic E-state index is 13.2. The van der Waals surface area contributed by atoms with Crippen LogP contribution in [0.5, 0.6) is 0 Å². The topological polar surface area (TPSA) is 84.0 Å². The Hall–Kier alpha value is -5.08. The van der Waals surface area contributed by atoms with Gasteiger partial charge in [-0.1, -0.05) is 91.0 Å². The summed E-state index contributed by atoms with van der Waals surface area (Å²) in [5.74, 6) is -0.0352. The zero-order chi connectivity index (χ0) is 25.3. The van der Waals surface area contributed by atoms with E-state index >= 15 is 0 Å². The number of carbonyl (C=O) groups is 1. The van der Waals surface area contributed by atoms with Crippen molar-refractivity contribution >= 4 is 28.2 Å². The molecule has 0 aliphatic rings. The van der Waals surface area contributed by atoms with Crippen molar-refractivity contribution < 1.29 is 9.72 Å². The van der Waals surface area contributed by atoms with E-state index in [1.165, 1.54) is 12.1 Å². The maximum Gasteiger partial charge on any atom is 0.269 e.